The van der Waals surface area contributed by atoms with Crippen molar-refractivity contribution < 1.29 is 18.3 Å². The summed E-state index contributed by atoms with van der Waals surface area (Å²) in [5.74, 6) is 3.52. The highest BCUT2D eigenvalue weighted by atomic mass is 16.5. The van der Waals surface area contributed by atoms with Gasteiger partial charge in [-0.25, -0.2) is 4.98 Å². The quantitative estimate of drug-likeness (QED) is 0.175. The normalized spacial score (nSPS) is 12.7. The number of nitrogens with zero attached hydrogens (tertiary/aromatic N) is 2. The van der Waals surface area contributed by atoms with Crippen LogP contribution in [0.1, 0.15) is 0 Å². The number of para-hydroxylation sites is 5. The molecule has 0 saturated carbocycles. The molecular weight excluding hydrogens is 636 g/mol. The first-order chi connectivity index (χ1) is 25.1. The molecule has 240 valence electrons. The van der Waals surface area contributed by atoms with Crippen molar-refractivity contribution in [3.63, 3.8) is 0 Å². The van der Waals surface area contributed by atoms with Gasteiger partial charge in [0.2, 0.25) is 11.3 Å². The van der Waals surface area contributed by atoms with Gasteiger partial charge in [0.05, 0.1) is 22.1 Å². The number of hydrogen-bond donors (Lipinski definition) is 0. The molecule has 0 atom stereocenters. The molecule has 0 fully saturated rings. The molecule has 4 heterocycles. The van der Waals surface area contributed by atoms with Gasteiger partial charge in [-0.3, -0.25) is 9.69 Å². The minimum absolute atomic E-state index is 0.109. The highest BCUT2D eigenvalue weighted by Crippen LogP contribution is 2.59. The van der Waals surface area contributed by atoms with Gasteiger partial charge in [0.25, 0.3) is 0 Å². The van der Waals surface area contributed by atoms with Crippen molar-refractivity contribution in [2.45, 2.75) is 0 Å². The Labute approximate surface area is 290 Å². The van der Waals surface area contributed by atoms with Crippen molar-refractivity contribution in [1.82, 2.24) is 4.98 Å². The van der Waals surface area contributed by atoms with Crippen LogP contribution in [0, 0.1) is 0 Å². The van der Waals surface area contributed by atoms with Crippen molar-refractivity contribution >= 4 is 50.1 Å². The molecule has 51 heavy (non-hydrogen) atoms. The molecule has 7 heteroatoms. The lowest BCUT2D eigenvalue weighted by Gasteiger charge is -2.37. The highest BCUT2D eigenvalue weighted by molar-refractivity contribution is 5.96. The molecule has 0 aliphatic carbocycles. The van der Waals surface area contributed by atoms with E-state index >= 15 is 0 Å². The average molecular weight is 661 g/mol. The second-order valence-electron chi connectivity index (χ2n) is 12.7. The molecule has 0 radical (unpaired) electrons. The van der Waals surface area contributed by atoms with Crippen molar-refractivity contribution in [1.29, 1.82) is 0 Å². The Bertz CT molecular complexity index is 2930. The van der Waals surface area contributed by atoms with Crippen LogP contribution in [0.5, 0.6) is 23.0 Å². The van der Waals surface area contributed by atoms with Gasteiger partial charge >= 0.3 is 0 Å². The molecule has 11 rings (SSSR count). The van der Waals surface area contributed by atoms with Crippen molar-refractivity contribution in [2.24, 2.45) is 0 Å². The maximum absolute atomic E-state index is 14.0. The van der Waals surface area contributed by atoms with E-state index in [1.807, 2.05) is 97.1 Å². The lowest BCUT2D eigenvalue weighted by Crippen LogP contribution is -2.20. The summed E-state index contributed by atoms with van der Waals surface area (Å²) in [5.41, 5.74) is 9.83. The van der Waals surface area contributed by atoms with Gasteiger partial charge in [-0.1, -0.05) is 60.7 Å². The molecule has 2 aliphatic rings. The summed E-state index contributed by atoms with van der Waals surface area (Å²) in [6, 6.07) is 47.4. The smallest absolute Gasteiger partial charge is 0.227 e. The van der Waals surface area contributed by atoms with Crippen molar-refractivity contribution in [3.05, 3.63) is 156 Å². The topological polar surface area (TPSA) is 77.9 Å². The summed E-state index contributed by atoms with van der Waals surface area (Å²) in [7, 11) is 0. The minimum atomic E-state index is -0.109. The summed E-state index contributed by atoms with van der Waals surface area (Å²) in [6.07, 6.45) is 0. The predicted molar refractivity (Wildman–Crippen MR) is 199 cm³/mol. The Morgan fingerprint density at radius 2 is 1.06 bits per heavy atom. The Morgan fingerprint density at radius 1 is 0.451 bits per heavy atom. The third-order valence-electron chi connectivity index (χ3n) is 9.67. The molecule has 0 N–H and O–H groups in total. The van der Waals surface area contributed by atoms with Gasteiger partial charge in [0.15, 0.2) is 28.6 Å². The van der Waals surface area contributed by atoms with E-state index < -0.39 is 0 Å². The van der Waals surface area contributed by atoms with Gasteiger partial charge in [-0.05, 0) is 107 Å². The third-order valence-corrected chi connectivity index (χ3v) is 9.67. The first kappa shape index (κ1) is 27.8. The molecule has 2 aliphatic heterocycles. The molecule has 7 aromatic carbocycles. The molecule has 7 nitrogen and oxygen atoms in total. The number of oxazole rings is 1. The average Bonchev–Trinajstić information content (AvgIpc) is 3.62. The number of hydrogen-bond acceptors (Lipinski definition) is 7. The molecule has 0 bridgehead atoms. The summed E-state index contributed by atoms with van der Waals surface area (Å²) in [6.45, 7) is 0. The first-order valence-electron chi connectivity index (χ1n) is 16.6. The fourth-order valence-corrected chi connectivity index (χ4v) is 7.22. The largest absolute Gasteiger partial charge is 0.456 e. The predicted octanol–water partition coefficient (Wildman–Crippen LogP) is 11.8. The van der Waals surface area contributed by atoms with Gasteiger partial charge in [-0.15, -0.1) is 0 Å². The van der Waals surface area contributed by atoms with E-state index in [0.717, 1.165) is 67.8 Å². The van der Waals surface area contributed by atoms with E-state index in [0.29, 0.717) is 39.0 Å². The molecule has 2 aromatic heterocycles. The van der Waals surface area contributed by atoms with E-state index in [2.05, 4.69) is 46.3 Å². The van der Waals surface area contributed by atoms with Crippen LogP contribution in [0.15, 0.2) is 159 Å². The zero-order valence-electron chi connectivity index (χ0n) is 26.8. The molecule has 0 amide bonds. The van der Waals surface area contributed by atoms with Crippen LogP contribution in [0.3, 0.4) is 0 Å². The Hall–Kier alpha value is -7.12. The van der Waals surface area contributed by atoms with Gasteiger partial charge < -0.3 is 18.3 Å². The maximum atomic E-state index is 14.0. The van der Waals surface area contributed by atoms with E-state index in [1.165, 1.54) is 0 Å². The van der Waals surface area contributed by atoms with E-state index in [9.17, 15) is 4.79 Å². The van der Waals surface area contributed by atoms with Crippen LogP contribution in [-0.4, -0.2) is 4.98 Å². The van der Waals surface area contributed by atoms with Crippen LogP contribution in [0.4, 0.5) is 17.1 Å². The van der Waals surface area contributed by atoms with Crippen molar-refractivity contribution in [3.8, 4) is 56.7 Å². The van der Waals surface area contributed by atoms with E-state index in [-0.39, 0.29) is 5.43 Å². The van der Waals surface area contributed by atoms with Gasteiger partial charge in [-0.2, -0.15) is 0 Å². The number of anilines is 3. The molecule has 0 spiro atoms. The molecule has 0 unspecified atom stereocenters. The monoisotopic (exact) mass is 660 g/mol. The Morgan fingerprint density at radius 3 is 1.86 bits per heavy atom. The van der Waals surface area contributed by atoms with Crippen LogP contribution in [0.2, 0.25) is 0 Å². The standard InChI is InChI=1S/C44H24N2O5/c47-43-30-22-27(15-18-35(30)48-36-19-17-29(23-31(36)43)44-45-32-9-1-3-11-37(32)51-44)25-7-5-8-26(21-25)28-16-20-39-34(24-28)46-33-10-2-4-12-38(33)49-40-13-6-14-41(50-39)42(40)46/h1-24H. The van der Waals surface area contributed by atoms with E-state index in [1.54, 1.807) is 12.1 Å². The summed E-state index contributed by atoms with van der Waals surface area (Å²) in [5, 5.41) is 0.977. The van der Waals surface area contributed by atoms with Crippen LogP contribution >= 0.6 is 0 Å². The summed E-state index contributed by atoms with van der Waals surface area (Å²) >= 11 is 0. The molecule has 0 saturated heterocycles. The van der Waals surface area contributed by atoms with Gasteiger partial charge in [0, 0.05) is 5.56 Å². The number of aromatic nitrogens is 1. The number of rotatable bonds is 3. The fraction of sp³-hybridized carbons (Fsp3) is 0. The third kappa shape index (κ3) is 4.25. The summed E-state index contributed by atoms with van der Waals surface area (Å²) < 4.78 is 24.8. The second-order valence-corrected chi connectivity index (χ2v) is 12.7. The second kappa shape index (κ2) is 10.4. The minimum Gasteiger partial charge on any atom is -0.456 e. The number of fused-ring (bicyclic) bond motifs is 7. The Kier molecular flexibility index (Phi) is 5.69. The SMILES string of the molecule is O=c1c2cc(-c3cccc(-c4ccc5c(c4)N4c6ccccc6Oc6cccc(c64)O5)c3)ccc2oc2ccc(-c3nc4ccccc4o3)cc12. The van der Waals surface area contributed by atoms with Gasteiger partial charge in [0.1, 0.15) is 22.4 Å². The maximum Gasteiger partial charge on any atom is 0.227 e. The van der Waals surface area contributed by atoms with Crippen LogP contribution in [-0.2, 0) is 0 Å². The van der Waals surface area contributed by atoms with Crippen LogP contribution < -0.4 is 19.8 Å². The zero-order chi connectivity index (χ0) is 33.6. The molecular formula is C44H24N2O5. The Balaban J connectivity index is 0.990. The van der Waals surface area contributed by atoms with Crippen LogP contribution in [0.25, 0.3) is 66.7 Å². The summed E-state index contributed by atoms with van der Waals surface area (Å²) in [4.78, 5) is 20.8. The number of ether oxygens (including phenoxy) is 2. The highest BCUT2D eigenvalue weighted by Gasteiger charge is 2.34. The number of benzene rings is 7. The van der Waals surface area contributed by atoms with Crippen molar-refractivity contribution in [2.75, 3.05) is 4.90 Å². The fourth-order valence-electron chi connectivity index (χ4n) is 7.22. The zero-order valence-corrected chi connectivity index (χ0v) is 26.8. The lowest BCUT2D eigenvalue weighted by atomic mass is 9.97. The first-order valence-corrected chi connectivity index (χ1v) is 16.6. The lowest BCUT2D eigenvalue weighted by molar-refractivity contribution is 0.446. The van der Waals surface area contributed by atoms with E-state index in [4.69, 9.17) is 18.3 Å². The molecule has 9 aromatic rings.